The number of sulfonamides is 1. The molecule has 0 bridgehead atoms. The molecule has 0 aromatic rings. The van der Waals surface area contributed by atoms with Gasteiger partial charge in [-0.25, -0.2) is 16.8 Å². The lowest BCUT2D eigenvalue weighted by molar-refractivity contribution is -0.893. The molecule has 10 nitrogen and oxygen atoms in total. The third kappa shape index (κ3) is 8.75. The smallest absolute Gasteiger partial charge is 0.460 e. The summed E-state index contributed by atoms with van der Waals surface area (Å²) in [5, 5.41) is 20.1. The molecule has 29 heteroatoms. The number of aliphatic hydroxyl groups excluding tert-OH is 3. The Balaban J connectivity index is 7.29. The Morgan fingerprint density at radius 3 is 1.41 bits per heavy atom. The van der Waals surface area contributed by atoms with E-state index >= 15 is 0 Å². The molecule has 49 heavy (non-hydrogen) atoms. The molecule has 0 saturated heterocycles. The fourth-order valence-electron chi connectivity index (χ4n) is 3.90. The minimum absolute atomic E-state index is 0.489. The second-order valence-corrected chi connectivity index (χ2v) is 14.5. The standard InChI is InChI=1S/C20H27F17N2O8S2/c1-39(2,8-12(42)10-41)6-4-11(9-40)38(5-3-7-48(43,44)45)49(46,47)20(36,37)18(31,32)16(27,28)14(23,24)13(21,22)15(25,26)17(29,30)19(33,34)35/h11-12,40-42H,3-10H2,1-2H3. The van der Waals surface area contributed by atoms with Gasteiger partial charge in [-0.3, -0.25) is 0 Å². The number of aliphatic hydroxyl groups is 3. The molecule has 0 amide bonds. The first kappa shape index (κ1) is 47.5. The highest BCUT2D eigenvalue weighted by atomic mass is 32.2. The molecule has 0 aliphatic rings. The van der Waals surface area contributed by atoms with Gasteiger partial charge < -0.3 is 24.4 Å². The van der Waals surface area contributed by atoms with Crippen molar-refractivity contribution in [3.8, 4) is 0 Å². The maximum Gasteiger partial charge on any atom is 0.460 e. The first-order chi connectivity index (χ1) is 21.2. The molecule has 0 rings (SSSR count). The van der Waals surface area contributed by atoms with Crippen LogP contribution >= 0.6 is 0 Å². The Morgan fingerprint density at radius 1 is 0.673 bits per heavy atom. The number of alkyl halides is 17. The zero-order valence-electron chi connectivity index (χ0n) is 24.3. The Labute approximate surface area is 265 Å². The Bertz CT molecular complexity index is 1340. The van der Waals surface area contributed by atoms with Gasteiger partial charge in [-0.15, -0.1) is 0 Å². The van der Waals surface area contributed by atoms with Gasteiger partial charge in [0.15, 0.2) is 0 Å². The summed E-state index contributed by atoms with van der Waals surface area (Å²) in [5.74, 6) is -54.8. The van der Waals surface area contributed by atoms with Gasteiger partial charge in [0.1, 0.15) is 12.6 Å². The normalized spacial score (nSPS) is 17.1. The SMILES string of the molecule is C[N+](C)(CCC(CO)N(CCCS(=O)(=O)[O-])S(=O)(=O)C(F)(F)C(F)(F)C(F)(F)C(F)(F)C(F)(F)C(F)(F)C(F)(F)C(F)(F)F)CC(O)CO. The van der Waals surface area contributed by atoms with Crippen molar-refractivity contribution in [2.24, 2.45) is 0 Å². The van der Waals surface area contributed by atoms with E-state index in [-0.39, 0.29) is 0 Å². The third-order valence-corrected chi connectivity index (χ3v) is 9.49. The number of hydrogen-bond acceptors (Lipinski definition) is 8. The number of nitrogens with zero attached hydrogens (tertiary/aromatic N) is 2. The molecule has 2 atom stereocenters. The predicted molar refractivity (Wildman–Crippen MR) is 126 cm³/mol. The fraction of sp³-hybridized carbons (Fsp3) is 1.00. The van der Waals surface area contributed by atoms with E-state index in [2.05, 4.69) is 0 Å². The topological polar surface area (TPSA) is 155 Å². The van der Waals surface area contributed by atoms with Crippen LogP contribution in [0.5, 0.6) is 0 Å². The average molecular weight is 811 g/mol. The van der Waals surface area contributed by atoms with Gasteiger partial charge >= 0.3 is 47.0 Å². The van der Waals surface area contributed by atoms with Gasteiger partial charge in [0.2, 0.25) is 0 Å². The largest absolute Gasteiger partial charge is 0.748 e. The van der Waals surface area contributed by atoms with E-state index in [0.29, 0.717) is 0 Å². The van der Waals surface area contributed by atoms with E-state index in [1.807, 2.05) is 0 Å². The summed E-state index contributed by atoms with van der Waals surface area (Å²) in [5.41, 5.74) is 0. The maximum atomic E-state index is 14.9. The van der Waals surface area contributed by atoms with Crippen molar-refractivity contribution < 1.29 is 116 Å². The molecule has 0 spiro atoms. The van der Waals surface area contributed by atoms with Gasteiger partial charge in [0.25, 0.3) is 10.0 Å². The summed E-state index contributed by atoms with van der Waals surface area (Å²) in [7, 11) is -11.1. The summed E-state index contributed by atoms with van der Waals surface area (Å²) in [6.07, 6.45) is -12.2. The molecule has 296 valence electrons. The van der Waals surface area contributed by atoms with E-state index in [0.717, 1.165) is 14.1 Å². The van der Waals surface area contributed by atoms with Crippen molar-refractivity contribution in [3.63, 3.8) is 0 Å². The third-order valence-electron chi connectivity index (χ3n) is 6.70. The van der Waals surface area contributed by atoms with Gasteiger partial charge in [-0.2, -0.15) is 78.9 Å². The van der Waals surface area contributed by atoms with Crippen LogP contribution in [0, 0.1) is 0 Å². The number of rotatable bonds is 20. The fourth-order valence-corrected chi connectivity index (χ4v) is 6.06. The first-order valence-electron chi connectivity index (χ1n) is 12.6. The molecule has 0 aliphatic heterocycles. The van der Waals surface area contributed by atoms with Crippen LogP contribution in [0.25, 0.3) is 0 Å². The maximum absolute atomic E-state index is 14.9. The summed E-state index contributed by atoms with van der Waals surface area (Å²) in [6, 6.07) is -2.64. The van der Waals surface area contributed by atoms with Crippen LogP contribution in [0.2, 0.25) is 0 Å². The van der Waals surface area contributed by atoms with E-state index < -0.39 is 139 Å². The molecule has 3 N–H and O–H groups in total. The van der Waals surface area contributed by atoms with Crippen molar-refractivity contribution in [1.82, 2.24) is 4.31 Å². The van der Waals surface area contributed by atoms with E-state index in [1.54, 1.807) is 0 Å². The van der Waals surface area contributed by atoms with Crippen molar-refractivity contribution in [2.45, 2.75) is 72.0 Å². The minimum atomic E-state index is -9.08. The molecule has 0 heterocycles. The Hall–Kier alpha value is -1.53. The second kappa shape index (κ2) is 14.5. The summed E-state index contributed by atoms with van der Waals surface area (Å²) in [4.78, 5) is 0. The summed E-state index contributed by atoms with van der Waals surface area (Å²) >= 11 is 0. The number of quaternary nitrogens is 1. The molecule has 0 aromatic heterocycles. The van der Waals surface area contributed by atoms with Crippen LogP contribution in [0.3, 0.4) is 0 Å². The highest BCUT2D eigenvalue weighted by Gasteiger charge is 2.96. The van der Waals surface area contributed by atoms with Crippen LogP contribution in [-0.4, -0.2) is 157 Å². The van der Waals surface area contributed by atoms with Crippen molar-refractivity contribution >= 4 is 20.1 Å². The highest BCUT2D eigenvalue weighted by Crippen LogP contribution is 2.64. The first-order valence-corrected chi connectivity index (χ1v) is 15.6. The molecule has 0 saturated carbocycles. The Kier molecular flexibility index (Phi) is 14.0. The predicted octanol–water partition coefficient (Wildman–Crippen LogP) is 2.70. The van der Waals surface area contributed by atoms with E-state index in [4.69, 9.17) is 5.11 Å². The highest BCUT2D eigenvalue weighted by molar-refractivity contribution is 7.90. The van der Waals surface area contributed by atoms with Gasteiger partial charge in [0, 0.05) is 18.7 Å². The van der Waals surface area contributed by atoms with Gasteiger partial charge in [-0.1, -0.05) is 0 Å². The zero-order chi connectivity index (χ0) is 39.9. The molecular weight excluding hydrogens is 783 g/mol. The lowest BCUT2D eigenvalue weighted by Crippen LogP contribution is -2.75. The minimum Gasteiger partial charge on any atom is -0.748 e. The molecular formula is C20H27F17N2O8S2. The van der Waals surface area contributed by atoms with E-state index in [1.165, 1.54) is 0 Å². The van der Waals surface area contributed by atoms with Crippen LogP contribution in [0.1, 0.15) is 12.8 Å². The van der Waals surface area contributed by atoms with Crippen LogP contribution < -0.4 is 0 Å². The molecule has 0 fully saturated rings. The van der Waals surface area contributed by atoms with E-state index in [9.17, 15) is 106 Å². The quantitative estimate of drug-likeness (QED) is 0.0965. The molecule has 0 aromatic carbocycles. The van der Waals surface area contributed by atoms with Crippen molar-refractivity contribution in [2.75, 3.05) is 52.7 Å². The summed E-state index contributed by atoms with van der Waals surface area (Å²) in [6.45, 7) is -5.91. The van der Waals surface area contributed by atoms with Crippen LogP contribution in [0.4, 0.5) is 74.6 Å². The van der Waals surface area contributed by atoms with Gasteiger partial charge in [0.05, 0.1) is 50.0 Å². The Morgan fingerprint density at radius 2 is 1.06 bits per heavy atom. The molecule has 2 unspecified atom stereocenters. The lowest BCUT2D eigenvalue weighted by Gasteiger charge is -2.43. The average Bonchev–Trinajstić information content (AvgIpc) is 2.89. The van der Waals surface area contributed by atoms with Crippen LogP contribution in [0.15, 0.2) is 0 Å². The zero-order valence-corrected chi connectivity index (χ0v) is 26.0. The van der Waals surface area contributed by atoms with Crippen molar-refractivity contribution in [3.05, 3.63) is 0 Å². The number of halogens is 17. The lowest BCUT2D eigenvalue weighted by atomic mass is 9.91. The van der Waals surface area contributed by atoms with Gasteiger partial charge in [-0.05, 0) is 6.42 Å². The molecule has 0 radical (unpaired) electrons. The number of hydrogen-bond donors (Lipinski definition) is 3. The number of likely N-dealkylation sites (N-methyl/N-ethyl adjacent to an activating group) is 1. The monoisotopic (exact) mass is 810 g/mol. The summed E-state index contributed by atoms with van der Waals surface area (Å²) < 4.78 is 290. The van der Waals surface area contributed by atoms with Crippen LogP contribution in [-0.2, 0) is 20.1 Å². The second-order valence-electron chi connectivity index (χ2n) is 11.0. The van der Waals surface area contributed by atoms with Crippen molar-refractivity contribution in [1.29, 1.82) is 0 Å². The molecule has 0 aliphatic carbocycles.